The van der Waals surface area contributed by atoms with Crippen LogP contribution in [0.15, 0.2) is 53.3 Å². The topological polar surface area (TPSA) is 95.1 Å². The zero-order valence-corrected chi connectivity index (χ0v) is 20.1. The molecule has 1 saturated carbocycles. The number of ether oxygens (including phenoxy) is 1. The Morgan fingerprint density at radius 2 is 2.00 bits per heavy atom. The summed E-state index contributed by atoms with van der Waals surface area (Å²) in [5.41, 5.74) is 3.46. The number of aryl methyl sites for hydroxylation is 2. The molecule has 1 aliphatic carbocycles. The first-order chi connectivity index (χ1) is 17.2. The molecule has 2 heterocycles. The first-order valence-electron chi connectivity index (χ1n) is 12.4. The smallest absolute Gasteiger partial charge is 0.251 e. The van der Waals surface area contributed by atoms with Gasteiger partial charge < -0.3 is 19.1 Å². The molecule has 182 valence electrons. The Kier molecular flexibility index (Phi) is 7.07. The molecular weight excluding hydrogens is 442 g/mol. The van der Waals surface area contributed by atoms with E-state index in [1.165, 1.54) is 25.7 Å². The monoisotopic (exact) mass is 473 g/mol. The summed E-state index contributed by atoms with van der Waals surface area (Å²) in [5.74, 6) is 2.78. The van der Waals surface area contributed by atoms with Crippen molar-refractivity contribution in [3.63, 3.8) is 0 Å². The van der Waals surface area contributed by atoms with Gasteiger partial charge in [0.05, 0.1) is 24.5 Å². The van der Waals surface area contributed by atoms with Gasteiger partial charge in [0.1, 0.15) is 5.75 Å². The number of imidazole rings is 1. The van der Waals surface area contributed by atoms with Crippen LogP contribution >= 0.6 is 0 Å². The zero-order chi connectivity index (χ0) is 24.0. The van der Waals surface area contributed by atoms with Crippen LogP contribution in [0.3, 0.4) is 0 Å². The van der Waals surface area contributed by atoms with E-state index in [0.29, 0.717) is 23.8 Å². The van der Waals surface area contributed by atoms with Gasteiger partial charge >= 0.3 is 0 Å². The average Bonchev–Trinajstić information content (AvgIpc) is 3.66. The predicted octanol–water partition coefficient (Wildman–Crippen LogP) is 5.04. The Balaban J connectivity index is 1.14. The first-order valence-corrected chi connectivity index (χ1v) is 12.4. The highest BCUT2D eigenvalue weighted by Crippen LogP contribution is 2.29. The maximum absolute atomic E-state index is 12.3. The quantitative estimate of drug-likeness (QED) is 0.324. The number of fused-ring (bicyclic) bond motifs is 1. The lowest BCUT2D eigenvalue weighted by Gasteiger charge is -2.07. The number of benzene rings is 2. The third-order valence-electron chi connectivity index (χ3n) is 6.80. The second-order valence-electron chi connectivity index (χ2n) is 9.18. The van der Waals surface area contributed by atoms with Crippen LogP contribution < -0.4 is 10.1 Å². The van der Waals surface area contributed by atoms with Crippen molar-refractivity contribution in [2.45, 2.75) is 51.5 Å². The Labute approximate surface area is 204 Å². The minimum absolute atomic E-state index is 0.0875. The Morgan fingerprint density at radius 3 is 2.80 bits per heavy atom. The molecule has 0 unspecified atom stereocenters. The van der Waals surface area contributed by atoms with Crippen molar-refractivity contribution in [3.8, 4) is 17.1 Å². The number of aromatic nitrogens is 4. The zero-order valence-electron chi connectivity index (χ0n) is 20.1. The molecule has 0 spiro atoms. The van der Waals surface area contributed by atoms with Gasteiger partial charge in [0.2, 0.25) is 11.7 Å². The molecule has 4 aromatic rings. The molecule has 2 aromatic carbocycles. The van der Waals surface area contributed by atoms with E-state index in [1.54, 1.807) is 31.4 Å². The van der Waals surface area contributed by atoms with Crippen molar-refractivity contribution in [1.29, 1.82) is 0 Å². The van der Waals surface area contributed by atoms with E-state index >= 15 is 0 Å². The van der Waals surface area contributed by atoms with E-state index in [0.717, 1.165) is 54.1 Å². The van der Waals surface area contributed by atoms with Crippen molar-refractivity contribution < 1.29 is 14.1 Å². The maximum Gasteiger partial charge on any atom is 0.251 e. The molecule has 1 fully saturated rings. The van der Waals surface area contributed by atoms with Gasteiger partial charge in [-0.1, -0.05) is 30.8 Å². The van der Waals surface area contributed by atoms with Gasteiger partial charge in [-0.15, -0.1) is 0 Å². The van der Waals surface area contributed by atoms with E-state index in [9.17, 15) is 4.79 Å². The molecule has 8 heteroatoms. The van der Waals surface area contributed by atoms with Gasteiger partial charge in [0, 0.05) is 30.6 Å². The molecule has 5 rings (SSSR count). The molecule has 0 radical (unpaired) electrons. The number of carbonyl (C=O) groups is 1. The number of nitrogens with one attached hydrogen (secondary N) is 1. The van der Waals surface area contributed by atoms with Crippen molar-refractivity contribution in [2.75, 3.05) is 13.7 Å². The van der Waals surface area contributed by atoms with E-state index in [4.69, 9.17) is 9.26 Å². The van der Waals surface area contributed by atoms with Crippen LogP contribution in [0.2, 0.25) is 0 Å². The van der Waals surface area contributed by atoms with E-state index < -0.39 is 0 Å². The van der Waals surface area contributed by atoms with Crippen LogP contribution in [0.4, 0.5) is 0 Å². The predicted molar refractivity (Wildman–Crippen MR) is 133 cm³/mol. The summed E-state index contributed by atoms with van der Waals surface area (Å²) in [7, 11) is 1.61. The second kappa shape index (κ2) is 10.7. The van der Waals surface area contributed by atoms with Crippen LogP contribution in [0, 0.1) is 5.92 Å². The number of hydrogen-bond donors (Lipinski definition) is 1. The molecule has 1 aliphatic rings. The fraction of sp³-hybridized carbons (Fsp3) is 0.407. The summed E-state index contributed by atoms with van der Waals surface area (Å²) in [4.78, 5) is 21.5. The minimum Gasteiger partial charge on any atom is -0.497 e. The summed E-state index contributed by atoms with van der Waals surface area (Å²) in [6.45, 7) is 1.33. The molecule has 0 bridgehead atoms. The highest BCUT2D eigenvalue weighted by atomic mass is 16.5. The standard InChI is InChI=1S/C27H31N5O3/c1-34-22-11-8-20(9-12-22)27(33)28-15-4-16-32-18-29-23-17-21(10-13-24(23)32)26-30-25(35-31-26)14-7-19-5-2-3-6-19/h8-13,17-19H,2-7,14-16H2,1H3,(H,28,33). The third kappa shape index (κ3) is 5.53. The molecule has 8 nitrogen and oxygen atoms in total. The van der Waals surface area contributed by atoms with Gasteiger partial charge in [-0.05, 0) is 61.2 Å². The SMILES string of the molecule is COc1ccc(C(=O)NCCCn2cnc3cc(-c4noc(CCC5CCCC5)n4)ccc32)cc1. The number of methoxy groups -OCH3 is 1. The molecule has 1 amide bonds. The minimum atomic E-state index is -0.0875. The number of hydrogen-bond acceptors (Lipinski definition) is 6. The Hall–Kier alpha value is -3.68. The highest BCUT2D eigenvalue weighted by molar-refractivity contribution is 5.94. The van der Waals surface area contributed by atoms with Crippen molar-refractivity contribution in [1.82, 2.24) is 25.0 Å². The average molecular weight is 474 g/mol. The molecule has 1 N–H and O–H groups in total. The summed E-state index contributed by atoms with van der Waals surface area (Å²) < 4.78 is 12.7. The Bertz CT molecular complexity index is 1270. The van der Waals surface area contributed by atoms with Gasteiger partial charge in [-0.2, -0.15) is 4.98 Å². The molecule has 0 atom stereocenters. The number of amides is 1. The van der Waals surface area contributed by atoms with E-state index in [2.05, 4.69) is 25.0 Å². The third-order valence-corrected chi connectivity index (χ3v) is 6.80. The van der Waals surface area contributed by atoms with Crippen molar-refractivity contribution >= 4 is 16.9 Å². The lowest BCUT2D eigenvalue weighted by atomic mass is 10.0. The van der Waals surface area contributed by atoms with E-state index in [-0.39, 0.29) is 5.91 Å². The number of nitrogens with zero attached hydrogens (tertiary/aromatic N) is 4. The van der Waals surface area contributed by atoms with Gasteiger partial charge in [0.25, 0.3) is 5.91 Å². The lowest BCUT2D eigenvalue weighted by molar-refractivity contribution is 0.0952. The van der Waals surface area contributed by atoms with Crippen LogP contribution in [0.25, 0.3) is 22.4 Å². The molecule has 0 saturated heterocycles. The number of carbonyl (C=O) groups excluding carboxylic acids is 1. The van der Waals surface area contributed by atoms with Gasteiger partial charge in [-0.25, -0.2) is 4.98 Å². The van der Waals surface area contributed by atoms with Crippen molar-refractivity contribution in [2.24, 2.45) is 5.92 Å². The van der Waals surface area contributed by atoms with Crippen LogP contribution in [-0.2, 0) is 13.0 Å². The maximum atomic E-state index is 12.3. The fourth-order valence-electron chi connectivity index (χ4n) is 4.78. The normalized spacial score (nSPS) is 14.0. The fourth-order valence-corrected chi connectivity index (χ4v) is 4.78. The van der Waals surface area contributed by atoms with Gasteiger partial charge in [-0.3, -0.25) is 4.79 Å². The van der Waals surface area contributed by atoms with Crippen LogP contribution in [0.5, 0.6) is 5.75 Å². The molecule has 35 heavy (non-hydrogen) atoms. The van der Waals surface area contributed by atoms with Crippen molar-refractivity contribution in [3.05, 3.63) is 60.2 Å². The largest absolute Gasteiger partial charge is 0.497 e. The summed E-state index contributed by atoms with van der Waals surface area (Å²) in [5, 5.41) is 7.16. The summed E-state index contributed by atoms with van der Waals surface area (Å²) in [6.07, 6.45) is 9.97. The van der Waals surface area contributed by atoms with Gasteiger partial charge in [0.15, 0.2) is 0 Å². The molecular formula is C27H31N5O3. The highest BCUT2D eigenvalue weighted by Gasteiger charge is 2.17. The lowest BCUT2D eigenvalue weighted by Crippen LogP contribution is -2.25. The molecule has 0 aliphatic heterocycles. The summed E-state index contributed by atoms with van der Waals surface area (Å²) >= 11 is 0. The summed E-state index contributed by atoms with van der Waals surface area (Å²) in [6, 6.07) is 13.1. The number of rotatable bonds is 10. The molecule has 2 aromatic heterocycles. The second-order valence-corrected chi connectivity index (χ2v) is 9.18. The first kappa shape index (κ1) is 23.1. The van der Waals surface area contributed by atoms with E-state index in [1.807, 2.05) is 24.5 Å². The Morgan fingerprint density at radius 1 is 1.17 bits per heavy atom. The van der Waals surface area contributed by atoms with Crippen LogP contribution in [0.1, 0.15) is 54.8 Å². The van der Waals surface area contributed by atoms with Crippen LogP contribution in [-0.4, -0.2) is 39.3 Å².